The minimum Gasteiger partial charge on any atom is 0 e. The molecule has 0 aromatic rings. The van der Waals surface area contributed by atoms with Crippen LogP contribution in [0.1, 0.15) is 6.42 Å². The quantitative estimate of drug-likeness (QED) is 0.444. The first-order chi connectivity index (χ1) is 6.43. The van der Waals surface area contributed by atoms with Crippen molar-refractivity contribution in [2.75, 3.05) is 21.3 Å². The minimum atomic E-state index is -1.75. The van der Waals surface area contributed by atoms with Crippen LogP contribution in [-0.4, -0.2) is 52.5 Å². The fourth-order valence-electron chi connectivity index (χ4n) is 0.542. The van der Waals surface area contributed by atoms with Gasteiger partial charge in [0.15, 0.2) is 0 Å². The Morgan fingerprint density at radius 2 is 1.64 bits per heavy atom. The Bertz CT molecular complexity index is 132. The van der Waals surface area contributed by atoms with Gasteiger partial charge in [0, 0.05) is 47.5 Å². The fourth-order valence-corrected chi connectivity index (χ4v) is 1.58. The molecule has 1 aliphatic rings. The molecule has 0 atom stereocenters. The van der Waals surface area contributed by atoms with Gasteiger partial charge < -0.3 is 15.3 Å². The average molecular weight is 345 g/mol. The van der Waals surface area contributed by atoms with Gasteiger partial charge in [0.1, 0.15) is 0 Å². The first kappa shape index (κ1) is 24.1. The summed E-state index contributed by atoms with van der Waals surface area (Å²) in [7, 11) is 3.00. The smallest absolute Gasteiger partial charge is 0 e. The Balaban J connectivity index is -0.0000000625. The summed E-state index contributed by atoms with van der Waals surface area (Å²) in [6.45, 7) is 0. The number of hydrogen-bond donors (Lipinski definition) is 3. The maximum Gasteiger partial charge on any atom is 0 e. The predicted octanol–water partition coefficient (Wildman–Crippen LogP) is -0.490. The molecule has 0 unspecified atom stereocenters. The molecule has 3 N–H and O–H groups in total. The molecule has 0 spiro atoms. The Morgan fingerprint density at radius 3 is 1.79 bits per heavy atom. The van der Waals surface area contributed by atoms with E-state index in [9.17, 15) is 3.50 Å². The van der Waals surface area contributed by atoms with E-state index in [-0.39, 0.29) is 26.2 Å². The van der Waals surface area contributed by atoms with Crippen molar-refractivity contribution >= 4 is 15.9 Å². The SMILES string of the molecule is CO.CO.CO.[F][GeH2][C]1=[C-]CC=C1.[Zr]. The summed E-state index contributed by atoms with van der Waals surface area (Å²) >= 11 is -1.75. The number of aliphatic hydroxyl groups is 3. The molecule has 0 saturated carbocycles. The topological polar surface area (TPSA) is 60.7 Å². The van der Waals surface area contributed by atoms with Crippen LogP contribution >= 0.6 is 0 Å². The van der Waals surface area contributed by atoms with Gasteiger partial charge in [0.2, 0.25) is 0 Å². The number of aliphatic hydroxyl groups excluding tert-OH is 3. The van der Waals surface area contributed by atoms with Gasteiger partial charge >= 0.3 is 48.5 Å². The zero-order valence-electron chi connectivity index (χ0n) is 8.79. The molecule has 0 fully saturated rings. The summed E-state index contributed by atoms with van der Waals surface area (Å²) in [4.78, 5) is 0. The maximum absolute atomic E-state index is 11.7. The van der Waals surface area contributed by atoms with Crippen LogP contribution in [0.15, 0.2) is 16.6 Å². The van der Waals surface area contributed by atoms with E-state index in [1.165, 1.54) is 0 Å². The van der Waals surface area contributed by atoms with Crippen LogP contribution in [-0.2, 0) is 26.2 Å². The second-order valence-corrected chi connectivity index (χ2v) is 3.60. The number of rotatable bonds is 1. The third-order valence-electron chi connectivity index (χ3n) is 0.910. The van der Waals surface area contributed by atoms with Gasteiger partial charge in [-0.1, -0.05) is 0 Å². The molecule has 6 heteroatoms. The number of hydrogen-bond acceptors (Lipinski definition) is 3. The number of allylic oxidation sites excluding steroid dienone is 4. The molecule has 0 radical (unpaired) electrons. The van der Waals surface area contributed by atoms with Crippen molar-refractivity contribution in [2.24, 2.45) is 0 Å². The Labute approximate surface area is 111 Å². The molecule has 1 rings (SSSR count). The summed E-state index contributed by atoms with van der Waals surface area (Å²) in [6, 6.07) is 0. The van der Waals surface area contributed by atoms with Gasteiger partial charge in [-0.05, 0) is 0 Å². The monoisotopic (exact) mass is 345 g/mol. The molecule has 14 heavy (non-hydrogen) atoms. The molecule has 84 valence electrons. The Morgan fingerprint density at radius 1 is 1.21 bits per heavy atom. The van der Waals surface area contributed by atoms with Crippen LogP contribution in [0.4, 0.5) is 3.50 Å². The summed E-state index contributed by atoms with van der Waals surface area (Å²) in [6.07, 6.45) is 7.55. The second-order valence-electron chi connectivity index (χ2n) is 1.44. The standard InChI is InChI=1S/C5H6FGe.3CH4O.Zr/c6-7-5-3-1-2-4-5;3*1-2;/h1,3H,2,7H2;3*2H,1H3;/q-1;;;;. The molecule has 3 nitrogen and oxygen atoms in total. The summed E-state index contributed by atoms with van der Waals surface area (Å²) in [5.41, 5.74) is 0. The van der Waals surface area contributed by atoms with Gasteiger partial charge in [-0.2, -0.15) is 0 Å². The summed E-state index contributed by atoms with van der Waals surface area (Å²) in [5.74, 6) is 0. The molecule has 0 bridgehead atoms. The van der Waals surface area contributed by atoms with Crippen molar-refractivity contribution < 1.29 is 45.0 Å². The zero-order valence-corrected chi connectivity index (χ0v) is 14.2. The fraction of sp³-hybridized carbons (Fsp3) is 0.500. The Kier molecular flexibility index (Phi) is 50.3. The van der Waals surface area contributed by atoms with E-state index in [0.29, 0.717) is 0 Å². The molecule has 0 aromatic carbocycles. The van der Waals surface area contributed by atoms with Crippen LogP contribution in [0.5, 0.6) is 0 Å². The molecule has 0 aliphatic heterocycles. The van der Waals surface area contributed by atoms with Gasteiger partial charge in [0.05, 0.1) is 0 Å². The van der Waals surface area contributed by atoms with E-state index in [2.05, 4.69) is 6.08 Å². The molecule has 0 heterocycles. The largest absolute Gasteiger partial charge is 0 e. The van der Waals surface area contributed by atoms with Crippen molar-refractivity contribution in [1.82, 2.24) is 0 Å². The van der Waals surface area contributed by atoms with E-state index in [1.807, 2.05) is 12.2 Å². The van der Waals surface area contributed by atoms with Gasteiger partial charge in [-0.15, -0.1) is 0 Å². The molecular weight excluding hydrogens is 327 g/mol. The van der Waals surface area contributed by atoms with E-state index in [4.69, 9.17) is 15.3 Å². The maximum atomic E-state index is 11.7. The van der Waals surface area contributed by atoms with Crippen LogP contribution < -0.4 is 0 Å². The molecule has 0 saturated heterocycles. The first-order valence-corrected chi connectivity index (χ1v) is 6.20. The van der Waals surface area contributed by atoms with E-state index in [1.54, 1.807) is 0 Å². The summed E-state index contributed by atoms with van der Waals surface area (Å²) in [5, 5.41) is 21.0. The summed E-state index contributed by atoms with van der Waals surface area (Å²) < 4.78 is 12.6. The number of halogens is 1. The van der Waals surface area contributed by atoms with Crippen LogP contribution in [0.25, 0.3) is 0 Å². The van der Waals surface area contributed by atoms with Crippen molar-refractivity contribution in [3.05, 3.63) is 22.6 Å². The Hall–Kier alpha value is 0.716. The van der Waals surface area contributed by atoms with Crippen LogP contribution in [0.3, 0.4) is 0 Å². The van der Waals surface area contributed by atoms with Crippen molar-refractivity contribution in [2.45, 2.75) is 6.42 Å². The van der Waals surface area contributed by atoms with Crippen molar-refractivity contribution in [1.29, 1.82) is 0 Å². The third kappa shape index (κ3) is 18.5. The van der Waals surface area contributed by atoms with E-state index < -0.39 is 15.9 Å². The van der Waals surface area contributed by atoms with Crippen molar-refractivity contribution in [3.63, 3.8) is 0 Å². The molecule has 1 aliphatic carbocycles. The van der Waals surface area contributed by atoms with Gasteiger partial charge in [0.25, 0.3) is 0 Å². The molecular formula is C8H18FGeO3Zr-. The molecule has 0 aromatic heterocycles. The van der Waals surface area contributed by atoms with Gasteiger partial charge in [-0.3, -0.25) is 0 Å². The third-order valence-corrected chi connectivity index (χ3v) is 2.53. The molecule has 0 amide bonds. The van der Waals surface area contributed by atoms with E-state index in [0.717, 1.165) is 32.2 Å². The predicted molar refractivity (Wildman–Crippen MR) is 54.6 cm³/mol. The van der Waals surface area contributed by atoms with Crippen LogP contribution in [0, 0.1) is 6.08 Å². The van der Waals surface area contributed by atoms with E-state index >= 15 is 0 Å². The minimum absolute atomic E-state index is 0. The van der Waals surface area contributed by atoms with Gasteiger partial charge in [-0.25, -0.2) is 0 Å². The zero-order chi connectivity index (χ0) is 11.1. The van der Waals surface area contributed by atoms with Crippen molar-refractivity contribution in [3.8, 4) is 0 Å². The first-order valence-electron chi connectivity index (χ1n) is 3.60. The normalized spacial score (nSPS) is 10.9. The average Bonchev–Trinajstić information content (AvgIpc) is 2.79. The second kappa shape index (κ2) is 29.2. The van der Waals surface area contributed by atoms with Crippen LogP contribution in [0.2, 0.25) is 0 Å².